The summed E-state index contributed by atoms with van der Waals surface area (Å²) in [6.45, 7) is 2.91. The monoisotopic (exact) mass is 391 g/mol. The normalized spacial score (nSPS) is 25.6. The van der Waals surface area contributed by atoms with Crippen molar-refractivity contribution < 1.29 is 9.90 Å². The van der Waals surface area contributed by atoms with Gasteiger partial charge < -0.3 is 10.0 Å². The second kappa shape index (κ2) is 7.24. The molecule has 2 atom stereocenters. The maximum atomic E-state index is 13.4. The highest BCUT2D eigenvalue weighted by molar-refractivity contribution is 5.93. The summed E-state index contributed by atoms with van der Waals surface area (Å²) in [5, 5.41) is 16.0. The average molecular weight is 391 g/mol. The van der Waals surface area contributed by atoms with Crippen molar-refractivity contribution >= 4 is 11.6 Å². The zero-order valence-electron chi connectivity index (χ0n) is 16.3. The highest BCUT2D eigenvalue weighted by Gasteiger charge is 2.47. The largest absolute Gasteiger partial charge is 0.383 e. The van der Waals surface area contributed by atoms with Gasteiger partial charge in [0.25, 0.3) is 5.91 Å². The van der Waals surface area contributed by atoms with E-state index < -0.39 is 5.60 Å². The lowest BCUT2D eigenvalue weighted by molar-refractivity contribution is -0.0878. The standard InChI is InChI=1S/C22H25N5O2/c28-21(18-9-6-10-20-23-16-24-27(18)20)26-14-11-22(29,17-7-2-1-3-8-17)19(15-26)25-12-4-5-13-25/h1-3,6-10,16,19,29H,4-5,11-15H2/t19-,22+/m1/s1. The minimum atomic E-state index is -0.957. The summed E-state index contributed by atoms with van der Waals surface area (Å²) in [4.78, 5) is 21.7. The Morgan fingerprint density at radius 3 is 2.62 bits per heavy atom. The Kier molecular flexibility index (Phi) is 4.56. The number of benzene rings is 1. The lowest BCUT2D eigenvalue weighted by Crippen LogP contribution is -2.61. The Balaban J connectivity index is 1.47. The Bertz CT molecular complexity index is 1010. The first-order chi connectivity index (χ1) is 14.2. The lowest BCUT2D eigenvalue weighted by Gasteiger charge is -2.48. The van der Waals surface area contributed by atoms with Crippen molar-refractivity contribution in [1.29, 1.82) is 0 Å². The van der Waals surface area contributed by atoms with Gasteiger partial charge in [0.15, 0.2) is 5.65 Å². The minimum Gasteiger partial charge on any atom is -0.383 e. The van der Waals surface area contributed by atoms with E-state index in [4.69, 9.17) is 0 Å². The van der Waals surface area contributed by atoms with E-state index in [-0.39, 0.29) is 11.9 Å². The maximum absolute atomic E-state index is 13.4. The van der Waals surface area contributed by atoms with E-state index >= 15 is 0 Å². The van der Waals surface area contributed by atoms with E-state index in [9.17, 15) is 9.90 Å². The zero-order chi connectivity index (χ0) is 19.8. The van der Waals surface area contributed by atoms with Gasteiger partial charge in [0, 0.05) is 13.1 Å². The Hall–Kier alpha value is -2.77. The van der Waals surface area contributed by atoms with E-state index in [2.05, 4.69) is 15.0 Å². The number of fused-ring (bicyclic) bond motifs is 1. The minimum absolute atomic E-state index is 0.0691. The van der Waals surface area contributed by atoms with Gasteiger partial charge in [0.1, 0.15) is 17.6 Å². The number of hydrogen-bond donors (Lipinski definition) is 1. The summed E-state index contributed by atoms with van der Waals surface area (Å²) in [6.07, 6.45) is 4.24. The van der Waals surface area contributed by atoms with Gasteiger partial charge in [-0.25, -0.2) is 9.50 Å². The number of nitrogens with zero attached hydrogens (tertiary/aromatic N) is 5. The molecular formula is C22H25N5O2. The van der Waals surface area contributed by atoms with Crippen LogP contribution in [-0.2, 0) is 5.60 Å². The van der Waals surface area contributed by atoms with Gasteiger partial charge >= 0.3 is 0 Å². The average Bonchev–Trinajstić information content (AvgIpc) is 3.46. The number of amides is 1. The molecule has 2 fully saturated rings. The molecule has 150 valence electrons. The fourth-order valence-corrected chi connectivity index (χ4v) is 4.81. The van der Waals surface area contributed by atoms with Crippen LogP contribution >= 0.6 is 0 Å². The molecule has 7 heteroatoms. The van der Waals surface area contributed by atoms with Crippen LogP contribution in [0.1, 0.15) is 35.3 Å². The highest BCUT2D eigenvalue weighted by atomic mass is 16.3. The van der Waals surface area contributed by atoms with E-state index in [0.29, 0.717) is 30.9 Å². The molecule has 7 nitrogen and oxygen atoms in total. The molecule has 2 aliphatic rings. The molecule has 4 heterocycles. The first-order valence-corrected chi connectivity index (χ1v) is 10.3. The van der Waals surface area contributed by atoms with Gasteiger partial charge in [0.2, 0.25) is 0 Å². The lowest BCUT2D eigenvalue weighted by atomic mass is 9.79. The van der Waals surface area contributed by atoms with Gasteiger partial charge in [-0.2, -0.15) is 5.10 Å². The summed E-state index contributed by atoms with van der Waals surface area (Å²) < 4.78 is 1.59. The summed E-state index contributed by atoms with van der Waals surface area (Å²) in [7, 11) is 0. The Morgan fingerprint density at radius 1 is 1.03 bits per heavy atom. The third-order valence-electron chi connectivity index (χ3n) is 6.37. The van der Waals surface area contributed by atoms with E-state index in [1.807, 2.05) is 47.4 Å². The predicted molar refractivity (Wildman–Crippen MR) is 108 cm³/mol. The summed E-state index contributed by atoms with van der Waals surface area (Å²) in [6, 6.07) is 15.2. The summed E-state index contributed by atoms with van der Waals surface area (Å²) in [5.74, 6) is -0.0691. The summed E-state index contributed by atoms with van der Waals surface area (Å²) >= 11 is 0. The van der Waals surface area contributed by atoms with Crippen molar-refractivity contribution in [3.63, 3.8) is 0 Å². The number of aliphatic hydroxyl groups is 1. The highest BCUT2D eigenvalue weighted by Crippen LogP contribution is 2.37. The maximum Gasteiger partial charge on any atom is 0.272 e. The third kappa shape index (κ3) is 3.10. The second-order valence-corrected chi connectivity index (χ2v) is 7.99. The number of aromatic nitrogens is 3. The zero-order valence-corrected chi connectivity index (χ0v) is 16.3. The van der Waals surface area contributed by atoms with Crippen LogP contribution in [-0.4, -0.2) is 67.6 Å². The Labute approximate surface area is 169 Å². The van der Waals surface area contributed by atoms with Crippen LogP contribution in [0.3, 0.4) is 0 Å². The molecule has 1 amide bonds. The van der Waals surface area contributed by atoms with E-state index in [0.717, 1.165) is 31.5 Å². The molecule has 2 aliphatic heterocycles. The third-order valence-corrected chi connectivity index (χ3v) is 6.37. The molecule has 0 bridgehead atoms. The van der Waals surface area contributed by atoms with Crippen molar-refractivity contribution in [2.24, 2.45) is 0 Å². The van der Waals surface area contributed by atoms with Gasteiger partial charge in [-0.3, -0.25) is 9.69 Å². The van der Waals surface area contributed by atoms with Crippen LogP contribution < -0.4 is 0 Å². The van der Waals surface area contributed by atoms with Crippen molar-refractivity contribution in [2.45, 2.75) is 30.9 Å². The van der Waals surface area contributed by atoms with Crippen LogP contribution in [0, 0.1) is 0 Å². The number of carbonyl (C=O) groups is 1. The molecule has 1 N–H and O–H groups in total. The van der Waals surface area contributed by atoms with Crippen LogP contribution in [0.4, 0.5) is 0 Å². The molecule has 0 unspecified atom stereocenters. The molecule has 29 heavy (non-hydrogen) atoms. The topological polar surface area (TPSA) is 74.0 Å². The van der Waals surface area contributed by atoms with E-state index in [1.165, 1.54) is 6.33 Å². The molecule has 0 radical (unpaired) electrons. The van der Waals surface area contributed by atoms with Gasteiger partial charge in [-0.05, 0) is 50.0 Å². The van der Waals surface area contributed by atoms with Crippen LogP contribution in [0.2, 0.25) is 0 Å². The number of piperidine rings is 1. The SMILES string of the molecule is O=C(c1cccc2ncnn12)N1CC[C@](O)(c2ccccc2)[C@H](N2CCCC2)C1. The van der Waals surface area contributed by atoms with Crippen molar-refractivity contribution in [1.82, 2.24) is 24.4 Å². The van der Waals surface area contributed by atoms with Crippen molar-refractivity contribution in [3.8, 4) is 0 Å². The molecule has 0 saturated carbocycles. The van der Waals surface area contributed by atoms with Gasteiger partial charge in [-0.15, -0.1) is 0 Å². The Morgan fingerprint density at radius 2 is 1.83 bits per heavy atom. The van der Waals surface area contributed by atoms with Crippen LogP contribution in [0.25, 0.3) is 5.65 Å². The predicted octanol–water partition coefficient (Wildman–Crippen LogP) is 1.93. The number of pyridine rings is 1. The second-order valence-electron chi connectivity index (χ2n) is 7.99. The first kappa shape index (κ1) is 18.3. The molecule has 1 aromatic carbocycles. The number of rotatable bonds is 3. The molecule has 3 aromatic rings. The molecule has 2 saturated heterocycles. The number of hydrogen-bond acceptors (Lipinski definition) is 5. The number of carbonyl (C=O) groups excluding carboxylic acids is 1. The number of likely N-dealkylation sites (tertiary alicyclic amines) is 2. The molecule has 5 rings (SSSR count). The van der Waals surface area contributed by atoms with Gasteiger partial charge in [-0.1, -0.05) is 36.4 Å². The molecular weight excluding hydrogens is 366 g/mol. The summed E-state index contributed by atoms with van der Waals surface area (Å²) in [5.41, 5.74) is 1.14. The smallest absolute Gasteiger partial charge is 0.272 e. The van der Waals surface area contributed by atoms with Crippen molar-refractivity contribution in [2.75, 3.05) is 26.2 Å². The fourth-order valence-electron chi connectivity index (χ4n) is 4.81. The van der Waals surface area contributed by atoms with Crippen molar-refractivity contribution in [3.05, 3.63) is 66.1 Å². The first-order valence-electron chi connectivity index (χ1n) is 10.3. The quantitative estimate of drug-likeness (QED) is 0.739. The molecule has 0 spiro atoms. The molecule has 0 aliphatic carbocycles. The van der Waals surface area contributed by atoms with E-state index in [1.54, 1.807) is 10.6 Å². The fraction of sp³-hybridized carbons (Fsp3) is 0.409. The van der Waals surface area contributed by atoms with Crippen LogP contribution in [0.5, 0.6) is 0 Å². The van der Waals surface area contributed by atoms with Crippen LogP contribution in [0.15, 0.2) is 54.9 Å². The van der Waals surface area contributed by atoms with Gasteiger partial charge in [0.05, 0.1) is 6.04 Å². The molecule has 2 aromatic heterocycles.